The van der Waals surface area contributed by atoms with Crippen molar-refractivity contribution in [2.24, 2.45) is 4.99 Å². The Bertz CT molecular complexity index is 1190. The molecule has 7 heteroatoms. The number of nitrogens with zero attached hydrogens (tertiary/aromatic N) is 1. The van der Waals surface area contributed by atoms with E-state index in [9.17, 15) is 9.18 Å². The molecule has 0 spiro atoms. The molecule has 4 rings (SSSR count). The van der Waals surface area contributed by atoms with Crippen LogP contribution >= 0.6 is 15.9 Å². The summed E-state index contributed by atoms with van der Waals surface area (Å²) in [6, 6.07) is 18.9. The van der Waals surface area contributed by atoms with Gasteiger partial charge in [-0.15, -0.1) is 0 Å². The molecule has 0 aromatic heterocycles. The number of carbonyl (C=O) groups excluding carboxylic acids is 1. The SMILES string of the molecule is COc1cc(/C=C2\N=C(c3ccccc3)OC2=O)cc(Br)c1OCc1cccc(F)c1. The zero-order chi connectivity index (χ0) is 21.8. The zero-order valence-electron chi connectivity index (χ0n) is 16.5. The van der Waals surface area contributed by atoms with Gasteiger partial charge in [0.15, 0.2) is 17.2 Å². The summed E-state index contributed by atoms with van der Waals surface area (Å²) < 4.78 is 30.6. The number of hydrogen-bond donors (Lipinski definition) is 0. The number of aliphatic imine (C=N–C) groups is 1. The Morgan fingerprint density at radius 1 is 1.10 bits per heavy atom. The first-order chi connectivity index (χ1) is 15.0. The summed E-state index contributed by atoms with van der Waals surface area (Å²) in [6.07, 6.45) is 1.61. The first-order valence-electron chi connectivity index (χ1n) is 9.36. The molecule has 0 radical (unpaired) electrons. The third kappa shape index (κ3) is 4.83. The molecule has 5 nitrogen and oxygen atoms in total. The van der Waals surface area contributed by atoms with Crippen LogP contribution in [0.25, 0.3) is 6.08 Å². The molecule has 0 N–H and O–H groups in total. The van der Waals surface area contributed by atoms with Gasteiger partial charge in [0.25, 0.3) is 0 Å². The number of rotatable bonds is 6. The van der Waals surface area contributed by atoms with Crippen molar-refractivity contribution in [2.75, 3.05) is 7.11 Å². The highest BCUT2D eigenvalue weighted by molar-refractivity contribution is 9.10. The molecule has 0 bridgehead atoms. The van der Waals surface area contributed by atoms with Gasteiger partial charge in [-0.2, -0.15) is 0 Å². The minimum atomic E-state index is -0.527. The van der Waals surface area contributed by atoms with Crippen LogP contribution in [-0.4, -0.2) is 19.0 Å². The highest BCUT2D eigenvalue weighted by atomic mass is 79.9. The summed E-state index contributed by atoms with van der Waals surface area (Å²) in [7, 11) is 1.52. The summed E-state index contributed by atoms with van der Waals surface area (Å²) >= 11 is 3.48. The molecule has 0 saturated carbocycles. The second-order valence-electron chi connectivity index (χ2n) is 6.65. The van der Waals surface area contributed by atoms with Crippen LogP contribution in [0.2, 0.25) is 0 Å². The number of halogens is 2. The predicted molar refractivity (Wildman–Crippen MR) is 118 cm³/mol. The highest BCUT2D eigenvalue weighted by Gasteiger charge is 2.24. The molecule has 0 saturated heterocycles. The van der Waals surface area contributed by atoms with E-state index in [1.165, 1.54) is 19.2 Å². The fraction of sp³-hybridized carbons (Fsp3) is 0.0833. The molecule has 1 heterocycles. The number of benzene rings is 3. The third-order valence-electron chi connectivity index (χ3n) is 4.47. The average molecular weight is 482 g/mol. The quantitative estimate of drug-likeness (QED) is 0.343. The van der Waals surface area contributed by atoms with Crippen LogP contribution in [0.1, 0.15) is 16.7 Å². The van der Waals surface area contributed by atoms with E-state index in [1.807, 2.05) is 30.3 Å². The molecule has 0 amide bonds. The Kier molecular flexibility index (Phi) is 6.13. The standard InChI is InChI=1S/C24H17BrFNO4/c1-29-21-13-16(11-19(25)22(21)30-14-15-6-5-9-18(26)10-15)12-20-24(28)31-23(27-20)17-7-3-2-4-8-17/h2-13H,14H2,1H3/b20-12-. The Balaban J connectivity index is 1.59. The number of carbonyl (C=O) groups is 1. The lowest BCUT2D eigenvalue weighted by atomic mass is 10.1. The molecule has 31 heavy (non-hydrogen) atoms. The molecule has 0 aliphatic carbocycles. The lowest BCUT2D eigenvalue weighted by Crippen LogP contribution is -2.05. The van der Waals surface area contributed by atoms with Gasteiger partial charge >= 0.3 is 5.97 Å². The number of hydrogen-bond acceptors (Lipinski definition) is 5. The van der Waals surface area contributed by atoms with Gasteiger partial charge in [-0.3, -0.25) is 0 Å². The lowest BCUT2D eigenvalue weighted by molar-refractivity contribution is -0.129. The molecule has 1 aliphatic heterocycles. The van der Waals surface area contributed by atoms with Gasteiger partial charge in [-0.05, 0) is 69.5 Å². The van der Waals surface area contributed by atoms with E-state index in [1.54, 1.807) is 30.3 Å². The number of esters is 1. The molecular weight excluding hydrogens is 465 g/mol. The van der Waals surface area contributed by atoms with E-state index in [0.29, 0.717) is 27.1 Å². The van der Waals surface area contributed by atoms with Crippen molar-refractivity contribution in [1.82, 2.24) is 0 Å². The van der Waals surface area contributed by atoms with Crippen molar-refractivity contribution in [1.29, 1.82) is 0 Å². The van der Waals surface area contributed by atoms with Gasteiger partial charge < -0.3 is 14.2 Å². The van der Waals surface area contributed by atoms with Crippen molar-refractivity contribution in [3.05, 3.63) is 99.4 Å². The van der Waals surface area contributed by atoms with Crippen LogP contribution < -0.4 is 9.47 Å². The van der Waals surface area contributed by atoms with Crippen molar-refractivity contribution >= 4 is 33.9 Å². The molecular formula is C24H17BrFNO4. The maximum Gasteiger partial charge on any atom is 0.363 e. The van der Waals surface area contributed by atoms with E-state index >= 15 is 0 Å². The summed E-state index contributed by atoms with van der Waals surface area (Å²) in [5.74, 6) is 0.332. The molecule has 3 aromatic carbocycles. The van der Waals surface area contributed by atoms with Crippen LogP contribution in [0.4, 0.5) is 4.39 Å². The lowest BCUT2D eigenvalue weighted by Gasteiger charge is -2.13. The van der Waals surface area contributed by atoms with Crippen LogP contribution in [0.5, 0.6) is 11.5 Å². The second kappa shape index (κ2) is 9.14. The zero-order valence-corrected chi connectivity index (χ0v) is 18.1. The van der Waals surface area contributed by atoms with Crippen molar-refractivity contribution < 1.29 is 23.4 Å². The summed E-state index contributed by atoms with van der Waals surface area (Å²) in [4.78, 5) is 16.6. The maximum atomic E-state index is 13.4. The topological polar surface area (TPSA) is 57.1 Å². The summed E-state index contributed by atoms with van der Waals surface area (Å²) in [5, 5.41) is 0. The van der Waals surface area contributed by atoms with Gasteiger partial charge in [0.05, 0.1) is 11.6 Å². The van der Waals surface area contributed by atoms with E-state index in [2.05, 4.69) is 20.9 Å². The van der Waals surface area contributed by atoms with Gasteiger partial charge in [0.1, 0.15) is 12.4 Å². The van der Waals surface area contributed by atoms with E-state index < -0.39 is 5.97 Å². The normalized spacial score (nSPS) is 14.4. The number of cyclic esters (lactones) is 1. The third-order valence-corrected chi connectivity index (χ3v) is 5.06. The average Bonchev–Trinajstić information content (AvgIpc) is 3.13. The van der Waals surface area contributed by atoms with Gasteiger partial charge in [-0.25, -0.2) is 14.2 Å². The van der Waals surface area contributed by atoms with Gasteiger partial charge in [-0.1, -0.05) is 30.3 Å². The molecule has 0 unspecified atom stereocenters. The van der Waals surface area contributed by atoms with Crippen LogP contribution in [0, 0.1) is 5.82 Å². The monoisotopic (exact) mass is 481 g/mol. The molecule has 0 atom stereocenters. The van der Waals surface area contributed by atoms with Crippen molar-refractivity contribution in [3.63, 3.8) is 0 Å². The first-order valence-corrected chi connectivity index (χ1v) is 10.2. The summed E-state index contributed by atoms with van der Waals surface area (Å²) in [6.45, 7) is 0.171. The van der Waals surface area contributed by atoms with E-state index in [0.717, 1.165) is 5.56 Å². The summed E-state index contributed by atoms with van der Waals surface area (Å²) in [5.41, 5.74) is 2.27. The first kappa shape index (κ1) is 20.8. The van der Waals surface area contributed by atoms with Crippen LogP contribution in [0.15, 0.2) is 81.9 Å². The van der Waals surface area contributed by atoms with Crippen molar-refractivity contribution in [3.8, 4) is 11.5 Å². The smallest absolute Gasteiger partial charge is 0.363 e. The predicted octanol–water partition coefficient (Wildman–Crippen LogP) is 5.52. The minimum absolute atomic E-state index is 0.171. The fourth-order valence-corrected chi connectivity index (χ4v) is 3.59. The Hall–Kier alpha value is -3.45. The molecule has 3 aromatic rings. The Morgan fingerprint density at radius 3 is 2.65 bits per heavy atom. The second-order valence-corrected chi connectivity index (χ2v) is 7.51. The largest absolute Gasteiger partial charge is 0.493 e. The highest BCUT2D eigenvalue weighted by Crippen LogP contribution is 2.38. The Labute approximate surface area is 186 Å². The molecule has 156 valence electrons. The van der Waals surface area contributed by atoms with Crippen molar-refractivity contribution in [2.45, 2.75) is 6.61 Å². The molecule has 0 fully saturated rings. The maximum absolute atomic E-state index is 13.4. The molecule has 1 aliphatic rings. The fourth-order valence-electron chi connectivity index (χ4n) is 3.02. The Morgan fingerprint density at radius 2 is 1.90 bits per heavy atom. The minimum Gasteiger partial charge on any atom is -0.493 e. The van der Waals surface area contributed by atoms with Crippen LogP contribution in [0.3, 0.4) is 0 Å². The van der Waals surface area contributed by atoms with E-state index in [4.69, 9.17) is 14.2 Å². The number of methoxy groups -OCH3 is 1. The van der Waals surface area contributed by atoms with E-state index in [-0.39, 0.29) is 24.0 Å². The van der Waals surface area contributed by atoms with Gasteiger partial charge in [0.2, 0.25) is 5.90 Å². The number of ether oxygens (including phenoxy) is 3. The van der Waals surface area contributed by atoms with Crippen LogP contribution in [-0.2, 0) is 16.1 Å². The van der Waals surface area contributed by atoms with Gasteiger partial charge in [0, 0.05) is 5.56 Å².